The minimum atomic E-state index is 0. The Labute approximate surface area is 124 Å². The monoisotopic (exact) mass is 347 g/mol. The Kier molecular flexibility index (Phi) is 9.79. The number of aromatic nitrogens is 1. The average Bonchev–Trinajstić information content (AvgIpc) is 2.29. The highest BCUT2D eigenvalue weighted by molar-refractivity contribution is 5.10. The predicted molar refractivity (Wildman–Crippen MR) is 69.5 cm³/mol. The Morgan fingerprint density at radius 2 is 1.65 bits per heavy atom. The van der Waals surface area contributed by atoms with Crippen LogP contribution in [-0.2, 0) is 6.54 Å². The number of unbranched alkanes of at least 4 members (excludes halogenated alkanes) is 5. The Morgan fingerprint density at radius 3 is 2.35 bits per heavy atom. The van der Waals surface area contributed by atoms with Crippen LogP contribution in [0.2, 0.25) is 0 Å². The van der Waals surface area contributed by atoms with E-state index in [1.807, 2.05) is 0 Å². The Balaban J connectivity index is 0.00000256. The lowest BCUT2D eigenvalue weighted by Crippen LogP contribution is -3.00. The Hall–Kier alpha value is -0.120. The van der Waals surface area contributed by atoms with Crippen LogP contribution in [0.1, 0.15) is 56.7 Å². The lowest BCUT2D eigenvalue weighted by Gasteiger charge is -2.03. The zero-order chi connectivity index (χ0) is 11.8. The van der Waals surface area contributed by atoms with E-state index in [-0.39, 0.29) is 24.0 Å². The highest BCUT2D eigenvalue weighted by atomic mass is 127. The summed E-state index contributed by atoms with van der Waals surface area (Å²) in [4.78, 5) is 0. The maximum atomic E-state index is 2.38. The van der Waals surface area contributed by atoms with Gasteiger partial charge in [0, 0.05) is 25.0 Å². The van der Waals surface area contributed by atoms with Gasteiger partial charge in [-0.25, -0.2) is 4.57 Å². The van der Waals surface area contributed by atoms with Gasteiger partial charge in [-0.15, -0.1) is 0 Å². The van der Waals surface area contributed by atoms with Gasteiger partial charge in [0.2, 0.25) is 0 Å². The molecule has 0 aliphatic rings. The van der Waals surface area contributed by atoms with E-state index in [2.05, 4.69) is 43.7 Å². The van der Waals surface area contributed by atoms with E-state index in [4.69, 9.17) is 0 Å². The molecule has 1 rings (SSSR count). The van der Waals surface area contributed by atoms with Crippen LogP contribution in [0.15, 0.2) is 18.3 Å². The summed E-state index contributed by atoms with van der Waals surface area (Å²) in [5, 5.41) is 0. The number of halogens is 1. The Morgan fingerprint density at radius 1 is 1.00 bits per heavy atom. The van der Waals surface area contributed by atoms with Gasteiger partial charge in [0.05, 0.1) is 0 Å². The Bertz CT molecular complexity index is 310. The number of hydrogen-bond acceptors (Lipinski definition) is 0. The molecule has 1 nitrogen and oxygen atoms in total. The molecule has 0 unspecified atom stereocenters. The minimum absolute atomic E-state index is 0. The van der Waals surface area contributed by atoms with E-state index in [0.717, 1.165) is 0 Å². The van der Waals surface area contributed by atoms with Crippen LogP contribution >= 0.6 is 0 Å². The first-order valence-corrected chi connectivity index (χ1v) is 6.71. The first kappa shape index (κ1) is 16.9. The van der Waals surface area contributed by atoms with Gasteiger partial charge in [0.15, 0.2) is 11.9 Å². The molecule has 0 N–H and O–H groups in total. The summed E-state index contributed by atoms with van der Waals surface area (Å²) < 4.78 is 2.38. The summed E-state index contributed by atoms with van der Waals surface area (Å²) in [6.45, 7) is 7.85. The molecule has 1 heterocycles. The summed E-state index contributed by atoms with van der Waals surface area (Å²) in [6, 6.07) is 4.34. The maximum Gasteiger partial charge on any atom is 0.181 e. The molecule has 0 radical (unpaired) electrons. The molecule has 98 valence electrons. The molecule has 17 heavy (non-hydrogen) atoms. The van der Waals surface area contributed by atoms with Crippen molar-refractivity contribution >= 4 is 0 Å². The lowest BCUT2D eigenvalue weighted by atomic mass is 10.1. The van der Waals surface area contributed by atoms with Crippen LogP contribution in [0.5, 0.6) is 0 Å². The van der Waals surface area contributed by atoms with Crippen molar-refractivity contribution in [1.82, 2.24) is 0 Å². The van der Waals surface area contributed by atoms with Crippen LogP contribution in [0.3, 0.4) is 0 Å². The number of nitrogens with zero attached hydrogens (tertiary/aromatic N) is 1. The van der Waals surface area contributed by atoms with E-state index >= 15 is 0 Å². The topological polar surface area (TPSA) is 3.88 Å². The van der Waals surface area contributed by atoms with Crippen molar-refractivity contribution in [2.75, 3.05) is 0 Å². The van der Waals surface area contributed by atoms with E-state index < -0.39 is 0 Å². The molecule has 0 saturated heterocycles. The van der Waals surface area contributed by atoms with Gasteiger partial charge in [-0.3, -0.25) is 0 Å². The van der Waals surface area contributed by atoms with E-state index in [0.29, 0.717) is 0 Å². The van der Waals surface area contributed by atoms with Crippen LogP contribution < -0.4 is 28.5 Å². The van der Waals surface area contributed by atoms with Gasteiger partial charge in [-0.05, 0) is 19.4 Å². The van der Waals surface area contributed by atoms with Crippen LogP contribution in [0.25, 0.3) is 0 Å². The molecule has 1 aromatic rings. The zero-order valence-corrected chi connectivity index (χ0v) is 13.7. The van der Waals surface area contributed by atoms with Crippen molar-refractivity contribution in [3.63, 3.8) is 0 Å². The summed E-state index contributed by atoms with van der Waals surface area (Å²) in [5.74, 6) is 0. The molecule has 0 atom stereocenters. The number of aryl methyl sites for hydroxylation is 2. The lowest BCUT2D eigenvalue weighted by molar-refractivity contribution is -0.703. The number of hydrogen-bond donors (Lipinski definition) is 0. The highest BCUT2D eigenvalue weighted by Crippen LogP contribution is 2.05. The second-order valence-electron chi connectivity index (χ2n) is 4.74. The molecule has 1 aromatic heterocycles. The fourth-order valence-electron chi connectivity index (χ4n) is 2.05. The van der Waals surface area contributed by atoms with Crippen molar-refractivity contribution in [3.8, 4) is 0 Å². The van der Waals surface area contributed by atoms with Crippen LogP contribution in [-0.4, -0.2) is 0 Å². The molecule has 0 spiro atoms. The van der Waals surface area contributed by atoms with E-state index in [9.17, 15) is 0 Å². The number of pyridine rings is 1. The summed E-state index contributed by atoms with van der Waals surface area (Å²) >= 11 is 0. The smallest absolute Gasteiger partial charge is 0.181 e. The third kappa shape index (κ3) is 6.39. The normalized spacial score (nSPS) is 10.1. The predicted octanol–water partition coefficient (Wildman–Crippen LogP) is 0.955. The second kappa shape index (κ2) is 9.86. The summed E-state index contributed by atoms with van der Waals surface area (Å²) in [6.07, 6.45) is 10.4. The fraction of sp³-hybridized carbons (Fsp3) is 0.667. The average molecular weight is 347 g/mol. The van der Waals surface area contributed by atoms with Gasteiger partial charge in [0.1, 0.15) is 6.54 Å². The third-order valence-corrected chi connectivity index (χ3v) is 3.37. The second-order valence-corrected chi connectivity index (χ2v) is 4.74. The summed E-state index contributed by atoms with van der Waals surface area (Å²) in [7, 11) is 0. The van der Waals surface area contributed by atoms with Crippen molar-refractivity contribution in [2.24, 2.45) is 0 Å². The van der Waals surface area contributed by atoms with E-state index in [1.165, 1.54) is 56.3 Å². The van der Waals surface area contributed by atoms with Crippen LogP contribution in [0, 0.1) is 13.8 Å². The molecule has 0 aliphatic heterocycles. The molecule has 0 amide bonds. The first-order valence-electron chi connectivity index (χ1n) is 6.71. The van der Waals surface area contributed by atoms with Gasteiger partial charge < -0.3 is 24.0 Å². The minimum Gasteiger partial charge on any atom is -1.00 e. The molecule has 0 bridgehead atoms. The first-order chi connectivity index (χ1) is 7.75. The van der Waals surface area contributed by atoms with E-state index in [1.54, 1.807) is 0 Å². The van der Waals surface area contributed by atoms with Crippen LogP contribution in [0.4, 0.5) is 0 Å². The largest absolute Gasteiger partial charge is 1.00 e. The molecule has 0 saturated carbocycles. The SMILES string of the molecule is CCCCCCCC[n+]1cccc(C)c1C.[I-]. The molecular formula is C15H26IN. The standard InChI is InChI=1S/C15H26N.HI/c1-4-5-6-7-8-9-12-16-13-10-11-14(2)15(16)3;/h10-11,13H,4-9,12H2,1-3H3;1H/q+1;/p-1. The maximum absolute atomic E-state index is 2.38. The zero-order valence-electron chi connectivity index (χ0n) is 11.5. The molecular weight excluding hydrogens is 321 g/mol. The number of rotatable bonds is 7. The van der Waals surface area contributed by atoms with Crippen molar-refractivity contribution in [3.05, 3.63) is 29.6 Å². The highest BCUT2D eigenvalue weighted by Gasteiger charge is 2.06. The van der Waals surface area contributed by atoms with Crippen molar-refractivity contribution in [1.29, 1.82) is 0 Å². The van der Waals surface area contributed by atoms with Crippen molar-refractivity contribution < 1.29 is 28.5 Å². The third-order valence-electron chi connectivity index (χ3n) is 3.37. The quantitative estimate of drug-likeness (QED) is 0.393. The molecule has 0 aliphatic carbocycles. The van der Waals surface area contributed by atoms with Gasteiger partial charge in [0.25, 0.3) is 0 Å². The van der Waals surface area contributed by atoms with Gasteiger partial charge >= 0.3 is 0 Å². The summed E-state index contributed by atoms with van der Waals surface area (Å²) in [5.41, 5.74) is 2.81. The van der Waals surface area contributed by atoms with Gasteiger partial charge in [-0.1, -0.05) is 32.6 Å². The van der Waals surface area contributed by atoms with Gasteiger partial charge in [-0.2, -0.15) is 0 Å². The van der Waals surface area contributed by atoms with Crippen molar-refractivity contribution in [2.45, 2.75) is 65.8 Å². The molecule has 2 heteroatoms. The molecule has 0 aromatic carbocycles. The molecule has 0 fully saturated rings. The fourth-order valence-corrected chi connectivity index (χ4v) is 2.05.